The number of fused-ring (bicyclic) bond motifs is 1. The first kappa shape index (κ1) is 23.7. The van der Waals surface area contributed by atoms with Crippen molar-refractivity contribution in [3.63, 3.8) is 0 Å². The Labute approximate surface area is 177 Å². The average Bonchev–Trinajstić information content (AvgIpc) is 2.57. The summed E-state index contributed by atoms with van der Waals surface area (Å²) >= 11 is 0. The molecule has 30 heavy (non-hydrogen) atoms. The van der Waals surface area contributed by atoms with Crippen molar-refractivity contribution in [2.24, 2.45) is 5.41 Å². The number of ether oxygens (including phenoxy) is 3. The van der Waals surface area contributed by atoms with Gasteiger partial charge >= 0.3 is 17.9 Å². The number of benzene rings is 1. The van der Waals surface area contributed by atoms with Gasteiger partial charge in [0, 0.05) is 0 Å². The summed E-state index contributed by atoms with van der Waals surface area (Å²) in [7, 11) is 1.53. The van der Waals surface area contributed by atoms with Crippen molar-refractivity contribution in [2.75, 3.05) is 7.11 Å². The van der Waals surface area contributed by atoms with Gasteiger partial charge in [-0.15, -0.1) is 0 Å². The van der Waals surface area contributed by atoms with Crippen molar-refractivity contribution >= 4 is 17.9 Å². The van der Waals surface area contributed by atoms with E-state index < -0.39 is 40.4 Å². The molecule has 7 nitrogen and oxygen atoms in total. The van der Waals surface area contributed by atoms with Gasteiger partial charge in [-0.05, 0) is 83.6 Å². The third-order valence-corrected chi connectivity index (χ3v) is 4.88. The van der Waals surface area contributed by atoms with Gasteiger partial charge in [0.25, 0.3) is 0 Å². The van der Waals surface area contributed by atoms with Crippen LogP contribution in [-0.4, -0.2) is 41.3 Å². The van der Waals surface area contributed by atoms with Gasteiger partial charge in [-0.1, -0.05) is 6.07 Å². The van der Waals surface area contributed by atoms with Gasteiger partial charge in [-0.2, -0.15) is 0 Å². The van der Waals surface area contributed by atoms with Crippen LogP contribution >= 0.6 is 0 Å². The quantitative estimate of drug-likeness (QED) is 0.570. The second-order valence-corrected chi connectivity index (χ2v) is 9.83. The highest BCUT2D eigenvalue weighted by molar-refractivity contribution is 6.01. The first-order valence-electron chi connectivity index (χ1n) is 10.0. The summed E-state index contributed by atoms with van der Waals surface area (Å²) in [6.07, 6.45) is -0.164. The second kappa shape index (κ2) is 8.28. The summed E-state index contributed by atoms with van der Waals surface area (Å²) in [6, 6.07) is 5.28. The van der Waals surface area contributed by atoms with Crippen LogP contribution in [0.3, 0.4) is 0 Å². The lowest BCUT2D eigenvalue weighted by molar-refractivity contribution is -0.187. The Hall–Kier alpha value is -2.57. The van der Waals surface area contributed by atoms with Gasteiger partial charge in [-0.25, -0.2) is 0 Å². The van der Waals surface area contributed by atoms with Gasteiger partial charge in [0.05, 0.1) is 13.5 Å². The molecule has 2 rings (SSSR count). The topological polar surface area (TPSA) is 99.1 Å². The number of carboxylic acids is 1. The Kier molecular flexibility index (Phi) is 6.54. The van der Waals surface area contributed by atoms with Gasteiger partial charge in [-0.3, -0.25) is 14.4 Å². The lowest BCUT2D eigenvalue weighted by Crippen LogP contribution is -2.50. The highest BCUT2D eigenvalue weighted by Crippen LogP contribution is 2.47. The SMILES string of the molecule is COc1ccc2c(c1)C(CC(=O)O)CC(C(=O)OC(C)(C)C)(C(=O)OC(C)(C)C)C2. The van der Waals surface area contributed by atoms with E-state index in [4.69, 9.17) is 14.2 Å². The molecule has 0 amide bonds. The number of carboxylic acid groups (broad SMARTS) is 1. The Morgan fingerprint density at radius 3 is 2.00 bits per heavy atom. The van der Waals surface area contributed by atoms with Crippen molar-refractivity contribution in [3.05, 3.63) is 29.3 Å². The molecule has 166 valence electrons. The highest BCUT2D eigenvalue weighted by atomic mass is 16.6. The smallest absolute Gasteiger partial charge is 0.324 e. The first-order chi connectivity index (χ1) is 13.7. The molecule has 1 aliphatic carbocycles. The summed E-state index contributed by atoms with van der Waals surface area (Å²) in [5.74, 6) is -2.38. The Balaban J connectivity index is 2.61. The fourth-order valence-electron chi connectivity index (χ4n) is 3.71. The maximum atomic E-state index is 13.3. The highest BCUT2D eigenvalue weighted by Gasteiger charge is 2.55. The number of methoxy groups -OCH3 is 1. The van der Waals surface area contributed by atoms with Crippen LogP contribution in [0, 0.1) is 5.41 Å². The van der Waals surface area contributed by atoms with Gasteiger partial charge in [0.15, 0.2) is 5.41 Å². The molecular formula is C23H32O7. The summed E-state index contributed by atoms with van der Waals surface area (Å²) in [5, 5.41) is 9.47. The summed E-state index contributed by atoms with van der Waals surface area (Å²) < 4.78 is 16.5. The maximum Gasteiger partial charge on any atom is 0.324 e. The van der Waals surface area contributed by atoms with Crippen molar-refractivity contribution < 1.29 is 33.7 Å². The first-order valence-corrected chi connectivity index (χ1v) is 10.0. The molecule has 0 radical (unpaired) electrons. The van der Waals surface area contributed by atoms with Gasteiger partial charge in [0.2, 0.25) is 0 Å². The molecule has 0 aliphatic heterocycles. The Morgan fingerprint density at radius 2 is 1.57 bits per heavy atom. The minimum Gasteiger partial charge on any atom is -0.497 e. The van der Waals surface area contributed by atoms with E-state index in [1.165, 1.54) is 7.11 Å². The molecule has 0 fully saturated rings. The van der Waals surface area contributed by atoms with Crippen LogP contribution in [0.5, 0.6) is 5.75 Å². The van der Waals surface area contributed by atoms with Crippen LogP contribution in [0.25, 0.3) is 0 Å². The molecule has 1 aliphatic rings. The molecule has 1 unspecified atom stereocenters. The fraction of sp³-hybridized carbons (Fsp3) is 0.609. The van der Waals surface area contributed by atoms with E-state index in [0.717, 1.165) is 5.56 Å². The fourth-order valence-corrected chi connectivity index (χ4v) is 3.71. The monoisotopic (exact) mass is 420 g/mol. The van der Waals surface area contributed by atoms with Crippen molar-refractivity contribution in [1.82, 2.24) is 0 Å². The standard InChI is InChI=1S/C23H32O7/c1-21(2,3)29-19(26)23(20(27)30-22(4,5)6)12-14-8-9-16(28-7)11-17(14)15(13-23)10-18(24)25/h8-9,11,15H,10,12-13H2,1-7H3,(H,24,25). The predicted molar refractivity (Wildman–Crippen MR) is 110 cm³/mol. The van der Waals surface area contributed by atoms with Crippen molar-refractivity contribution in [2.45, 2.75) is 77.9 Å². The van der Waals surface area contributed by atoms with Crippen LogP contribution < -0.4 is 4.74 Å². The molecule has 0 bridgehead atoms. The number of hydrogen-bond acceptors (Lipinski definition) is 6. The minimum atomic E-state index is -1.62. The summed E-state index contributed by atoms with van der Waals surface area (Å²) in [6.45, 7) is 10.4. The number of carbonyl (C=O) groups is 3. The van der Waals surface area contributed by atoms with E-state index >= 15 is 0 Å². The molecule has 0 saturated heterocycles. The summed E-state index contributed by atoms with van der Waals surface area (Å²) in [5.41, 5.74) is -1.77. The van der Waals surface area contributed by atoms with Crippen LogP contribution in [0.15, 0.2) is 18.2 Å². The zero-order chi connectivity index (χ0) is 22.9. The maximum absolute atomic E-state index is 13.3. The van der Waals surface area contributed by atoms with Crippen LogP contribution in [0.4, 0.5) is 0 Å². The lowest BCUT2D eigenvalue weighted by Gasteiger charge is -2.40. The molecule has 1 atom stereocenters. The minimum absolute atomic E-state index is 0.0106. The third-order valence-electron chi connectivity index (χ3n) is 4.88. The van der Waals surface area contributed by atoms with E-state index in [1.807, 2.05) is 0 Å². The molecule has 0 heterocycles. The largest absolute Gasteiger partial charge is 0.497 e. The zero-order valence-electron chi connectivity index (χ0n) is 18.8. The second-order valence-electron chi connectivity index (χ2n) is 9.83. The van der Waals surface area contributed by atoms with Crippen LogP contribution in [0.1, 0.15) is 71.4 Å². The average molecular weight is 421 g/mol. The van der Waals surface area contributed by atoms with E-state index in [9.17, 15) is 19.5 Å². The lowest BCUT2D eigenvalue weighted by atomic mass is 9.66. The molecule has 1 aromatic carbocycles. The molecule has 0 saturated carbocycles. The molecular weight excluding hydrogens is 388 g/mol. The van der Waals surface area contributed by atoms with Crippen LogP contribution in [-0.2, 0) is 30.3 Å². The Bertz CT molecular complexity index is 799. The molecule has 0 spiro atoms. The van der Waals surface area contributed by atoms with E-state index in [-0.39, 0.29) is 19.3 Å². The molecule has 1 aromatic rings. The van der Waals surface area contributed by atoms with Crippen molar-refractivity contribution in [1.29, 1.82) is 0 Å². The molecule has 7 heteroatoms. The van der Waals surface area contributed by atoms with E-state index in [2.05, 4.69) is 0 Å². The molecule has 1 N–H and O–H groups in total. The van der Waals surface area contributed by atoms with Crippen molar-refractivity contribution in [3.8, 4) is 5.75 Å². The van der Waals surface area contributed by atoms with Gasteiger partial charge < -0.3 is 19.3 Å². The molecule has 0 aromatic heterocycles. The Morgan fingerprint density at radius 1 is 1.03 bits per heavy atom. The number of carbonyl (C=O) groups excluding carboxylic acids is 2. The number of rotatable bonds is 5. The van der Waals surface area contributed by atoms with E-state index in [0.29, 0.717) is 11.3 Å². The number of esters is 2. The van der Waals surface area contributed by atoms with Gasteiger partial charge in [0.1, 0.15) is 17.0 Å². The third kappa shape index (κ3) is 5.52. The number of hydrogen-bond donors (Lipinski definition) is 1. The van der Waals surface area contributed by atoms with E-state index in [1.54, 1.807) is 59.7 Å². The number of aliphatic carboxylic acids is 1. The zero-order valence-corrected chi connectivity index (χ0v) is 18.8. The van der Waals surface area contributed by atoms with Crippen LogP contribution in [0.2, 0.25) is 0 Å². The normalized spacial score (nSPS) is 18.2. The predicted octanol–water partition coefficient (Wildman–Crippen LogP) is 3.87. The summed E-state index contributed by atoms with van der Waals surface area (Å²) in [4.78, 5) is 38.2.